The number of hydrogen-bond acceptors (Lipinski definition) is 4. The van der Waals surface area contributed by atoms with Gasteiger partial charge < -0.3 is 14.4 Å². The van der Waals surface area contributed by atoms with Gasteiger partial charge in [0.25, 0.3) is 5.91 Å². The van der Waals surface area contributed by atoms with E-state index in [9.17, 15) is 4.79 Å². The molecule has 0 radical (unpaired) electrons. The predicted molar refractivity (Wildman–Crippen MR) is 83.1 cm³/mol. The predicted octanol–water partition coefficient (Wildman–Crippen LogP) is 2.65. The summed E-state index contributed by atoms with van der Waals surface area (Å²) in [7, 11) is 0. The third-order valence-electron chi connectivity index (χ3n) is 4.52. The Morgan fingerprint density at radius 2 is 2.36 bits per heavy atom. The lowest BCUT2D eigenvalue weighted by molar-refractivity contribution is 0.0607. The molecule has 2 unspecified atom stereocenters. The summed E-state index contributed by atoms with van der Waals surface area (Å²) in [4.78, 5) is 19.0. The fourth-order valence-corrected chi connectivity index (χ4v) is 3.24. The second-order valence-electron chi connectivity index (χ2n) is 6.04. The first-order valence-electron chi connectivity index (χ1n) is 8.29. The van der Waals surface area contributed by atoms with Gasteiger partial charge in [-0.2, -0.15) is 0 Å². The molecule has 5 nitrogen and oxygen atoms in total. The summed E-state index contributed by atoms with van der Waals surface area (Å²) in [6, 6.07) is 3.91. The average molecular weight is 304 g/mol. The van der Waals surface area contributed by atoms with E-state index in [1.54, 1.807) is 18.3 Å². The minimum absolute atomic E-state index is 0.0521. The zero-order chi connectivity index (χ0) is 15.4. The van der Waals surface area contributed by atoms with Gasteiger partial charge in [-0.05, 0) is 31.7 Å². The van der Waals surface area contributed by atoms with Crippen LogP contribution in [0.2, 0.25) is 0 Å². The van der Waals surface area contributed by atoms with E-state index in [-0.39, 0.29) is 12.0 Å². The number of hydrogen-bond donors (Lipinski definition) is 0. The van der Waals surface area contributed by atoms with Crippen molar-refractivity contribution in [3.63, 3.8) is 0 Å². The highest BCUT2D eigenvalue weighted by Crippen LogP contribution is 2.23. The molecule has 120 valence electrons. The number of ether oxygens (including phenoxy) is 2. The highest BCUT2D eigenvalue weighted by molar-refractivity contribution is 5.94. The van der Waals surface area contributed by atoms with Crippen molar-refractivity contribution in [3.05, 3.63) is 23.9 Å². The van der Waals surface area contributed by atoms with E-state index in [4.69, 9.17) is 9.47 Å². The third kappa shape index (κ3) is 3.40. The molecule has 0 aromatic carbocycles. The van der Waals surface area contributed by atoms with E-state index >= 15 is 0 Å². The Bertz CT molecular complexity index is 514. The normalized spacial score (nSPS) is 25.2. The third-order valence-corrected chi connectivity index (χ3v) is 4.52. The summed E-state index contributed by atoms with van der Waals surface area (Å²) >= 11 is 0. The Balaban J connectivity index is 1.71. The van der Waals surface area contributed by atoms with Crippen LogP contribution < -0.4 is 4.74 Å². The molecule has 22 heavy (non-hydrogen) atoms. The van der Waals surface area contributed by atoms with Crippen LogP contribution in [0.25, 0.3) is 0 Å². The maximum absolute atomic E-state index is 12.8. The number of likely N-dealkylation sites (tertiary alicyclic amines) is 1. The number of aromatic nitrogens is 1. The van der Waals surface area contributed by atoms with Gasteiger partial charge in [0.2, 0.25) is 5.88 Å². The Hall–Kier alpha value is -1.62. The summed E-state index contributed by atoms with van der Waals surface area (Å²) in [5.74, 6) is 0.618. The van der Waals surface area contributed by atoms with E-state index in [1.807, 2.05) is 4.90 Å². The van der Waals surface area contributed by atoms with Gasteiger partial charge in [0, 0.05) is 36.8 Å². The lowest BCUT2D eigenvalue weighted by atomic mass is 9.99. The first-order valence-corrected chi connectivity index (χ1v) is 8.29. The van der Waals surface area contributed by atoms with Crippen LogP contribution in [-0.2, 0) is 4.74 Å². The molecule has 3 heterocycles. The highest BCUT2D eigenvalue weighted by Gasteiger charge is 2.26. The molecule has 0 spiro atoms. The van der Waals surface area contributed by atoms with Crippen molar-refractivity contribution in [2.24, 2.45) is 0 Å². The Labute approximate surface area is 131 Å². The van der Waals surface area contributed by atoms with E-state index < -0.39 is 0 Å². The number of carbonyl (C=O) groups excluding carboxylic acids is 1. The topological polar surface area (TPSA) is 51.7 Å². The number of pyridine rings is 1. The van der Waals surface area contributed by atoms with Crippen LogP contribution in [0.5, 0.6) is 5.88 Å². The van der Waals surface area contributed by atoms with Crippen LogP contribution in [-0.4, -0.2) is 47.7 Å². The maximum atomic E-state index is 12.8. The molecule has 3 rings (SSSR count). The zero-order valence-electron chi connectivity index (χ0n) is 13.2. The average Bonchev–Trinajstić information content (AvgIpc) is 3.07. The van der Waals surface area contributed by atoms with Gasteiger partial charge in [-0.3, -0.25) is 4.79 Å². The van der Waals surface area contributed by atoms with Crippen molar-refractivity contribution in [3.8, 4) is 5.88 Å². The number of rotatable bonds is 4. The summed E-state index contributed by atoms with van der Waals surface area (Å²) in [5.41, 5.74) is 0.671. The molecule has 0 aliphatic carbocycles. The van der Waals surface area contributed by atoms with Crippen molar-refractivity contribution in [1.82, 2.24) is 9.88 Å². The quantitative estimate of drug-likeness (QED) is 0.858. The van der Waals surface area contributed by atoms with Gasteiger partial charge >= 0.3 is 0 Å². The minimum Gasteiger partial charge on any atom is -0.472 e. The fraction of sp³-hybridized carbons (Fsp3) is 0.647. The van der Waals surface area contributed by atoms with Gasteiger partial charge in [0.15, 0.2) is 0 Å². The monoisotopic (exact) mass is 304 g/mol. The molecular formula is C17H24N2O3. The summed E-state index contributed by atoms with van der Waals surface area (Å²) in [6.07, 6.45) is 7.02. The van der Waals surface area contributed by atoms with Gasteiger partial charge in [-0.1, -0.05) is 6.92 Å². The van der Waals surface area contributed by atoms with Crippen LogP contribution >= 0.6 is 0 Å². The second-order valence-corrected chi connectivity index (χ2v) is 6.04. The summed E-state index contributed by atoms with van der Waals surface area (Å²) in [5, 5.41) is 0. The van der Waals surface area contributed by atoms with E-state index in [2.05, 4.69) is 11.9 Å². The van der Waals surface area contributed by atoms with Gasteiger partial charge in [0.1, 0.15) is 6.10 Å². The van der Waals surface area contributed by atoms with Crippen LogP contribution in [0.3, 0.4) is 0 Å². The molecule has 1 aromatic rings. The van der Waals surface area contributed by atoms with Crippen molar-refractivity contribution < 1.29 is 14.3 Å². The smallest absolute Gasteiger partial charge is 0.254 e. The molecule has 0 N–H and O–H groups in total. The Morgan fingerprint density at radius 1 is 1.45 bits per heavy atom. The molecule has 2 aliphatic heterocycles. The second kappa shape index (κ2) is 7.09. The highest BCUT2D eigenvalue weighted by atomic mass is 16.5. The molecular weight excluding hydrogens is 280 g/mol. The van der Waals surface area contributed by atoms with Crippen LogP contribution in [0.15, 0.2) is 18.3 Å². The molecule has 2 fully saturated rings. The summed E-state index contributed by atoms with van der Waals surface area (Å²) < 4.78 is 11.1. The van der Waals surface area contributed by atoms with Crippen molar-refractivity contribution in [2.45, 2.75) is 51.2 Å². The van der Waals surface area contributed by atoms with Crippen molar-refractivity contribution in [1.29, 1.82) is 0 Å². The summed E-state index contributed by atoms with van der Waals surface area (Å²) in [6.45, 7) is 4.34. The van der Waals surface area contributed by atoms with Crippen LogP contribution in [0.1, 0.15) is 49.4 Å². The fourth-order valence-electron chi connectivity index (χ4n) is 3.24. The molecule has 0 saturated carbocycles. The zero-order valence-corrected chi connectivity index (χ0v) is 13.2. The molecule has 5 heteroatoms. The molecule has 0 bridgehead atoms. The lowest BCUT2D eigenvalue weighted by Gasteiger charge is -2.35. The number of amides is 1. The van der Waals surface area contributed by atoms with E-state index in [1.165, 1.54) is 6.42 Å². The molecule has 2 aliphatic rings. The van der Waals surface area contributed by atoms with Crippen molar-refractivity contribution >= 4 is 5.91 Å². The van der Waals surface area contributed by atoms with Gasteiger partial charge in [0.05, 0.1) is 13.2 Å². The molecule has 2 saturated heterocycles. The first kappa shape index (κ1) is 15.3. The van der Waals surface area contributed by atoms with Crippen LogP contribution in [0, 0.1) is 0 Å². The first-order chi connectivity index (χ1) is 10.8. The molecule has 2 atom stereocenters. The maximum Gasteiger partial charge on any atom is 0.254 e. The van der Waals surface area contributed by atoms with E-state index in [0.29, 0.717) is 24.1 Å². The van der Waals surface area contributed by atoms with Crippen molar-refractivity contribution in [2.75, 3.05) is 19.8 Å². The van der Waals surface area contributed by atoms with E-state index in [0.717, 1.165) is 38.8 Å². The number of piperidine rings is 1. The molecule has 1 aromatic heterocycles. The number of nitrogens with zero attached hydrogens (tertiary/aromatic N) is 2. The van der Waals surface area contributed by atoms with Gasteiger partial charge in [-0.15, -0.1) is 0 Å². The minimum atomic E-state index is 0.0521. The Morgan fingerprint density at radius 3 is 3.14 bits per heavy atom. The Kier molecular flexibility index (Phi) is 4.93. The standard InChI is InChI=1S/C17H24N2O3/c1-2-14-5-3-4-9-19(14)17(20)13-6-8-18-16(11-13)22-15-7-10-21-12-15/h6,8,11,14-15H,2-5,7,9-10,12H2,1H3. The SMILES string of the molecule is CCC1CCCCN1C(=O)c1ccnc(OC2CCOC2)c1. The van der Waals surface area contributed by atoms with Gasteiger partial charge in [-0.25, -0.2) is 4.98 Å². The largest absolute Gasteiger partial charge is 0.472 e. The number of carbonyl (C=O) groups is 1. The van der Waals surface area contributed by atoms with Crippen LogP contribution in [0.4, 0.5) is 0 Å². The lowest BCUT2D eigenvalue weighted by Crippen LogP contribution is -2.43. The molecule has 1 amide bonds.